The highest BCUT2D eigenvalue weighted by Gasteiger charge is 2.53. The molecule has 2 rings (SSSR count). The van der Waals surface area contributed by atoms with Crippen molar-refractivity contribution < 1.29 is 84.7 Å². The molecule has 2 saturated heterocycles. The molecular formula is C20H35NO17. The van der Waals surface area contributed by atoms with Crippen molar-refractivity contribution in [2.24, 2.45) is 0 Å². The molecule has 0 bridgehead atoms. The van der Waals surface area contributed by atoms with Crippen LogP contribution in [0.25, 0.3) is 0 Å². The Morgan fingerprint density at radius 3 is 2.00 bits per heavy atom. The van der Waals surface area contributed by atoms with Gasteiger partial charge in [0.2, 0.25) is 5.91 Å². The normalized spacial score (nSPS) is 39.1. The summed E-state index contributed by atoms with van der Waals surface area (Å²) in [5.41, 5.74) is 0. The van der Waals surface area contributed by atoms with E-state index in [1.807, 2.05) is 0 Å². The molecule has 0 saturated carbocycles. The first-order valence-electron chi connectivity index (χ1n) is 11.5. The average molecular weight is 561 g/mol. The first-order valence-corrected chi connectivity index (χ1v) is 11.5. The lowest BCUT2D eigenvalue weighted by atomic mass is 9.95. The number of carboxylic acids is 1. The van der Waals surface area contributed by atoms with E-state index in [9.17, 15) is 60.7 Å². The quantitative estimate of drug-likeness (QED) is 0.105. The first-order chi connectivity index (χ1) is 17.8. The van der Waals surface area contributed by atoms with Gasteiger partial charge < -0.3 is 80.4 Å². The van der Waals surface area contributed by atoms with Crippen LogP contribution in [0, 0.1) is 0 Å². The highest BCUT2D eigenvalue weighted by Crippen LogP contribution is 2.30. The smallest absolute Gasteiger partial charge is 0.335 e. The molecule has 0 aromatic rings. The summed E-state index contributed by atoms with van der Waals surface area (Å²) in [6, 6.07) is -1.59. The Labute approximate surface area is 215 Å². The van der Waals surface area contributed by atoms with Crippen LogP contribution in [0.1, 0.15) is 6.92 Å². The van der Waals surface area contributed by atoms with Crippen LogP contribution in [0.2, 0.25) is 0 Å². The number of aliphatic hydroxyl groups excluding tert-OH is 10. The standard InChI is InChI=1S/C20H35NO17/c1-5(25)21-9-16(37-20-15(32)13(30)14(31)17(38-20)18(33)34)12(29)8(4-24)36-19(9)35-7(3-23)11(28)10(27)6(26)2-22/h6-17,19-20,22-24,26-32H,2-4H2,1H3,(H,21,25)(H,33,34)/t6-,7+,8-,9-,10+,11-,12-,13+,14+,15-,16-,17+,19+,20-/m1/s1. The maximum atomic E-state index is 11.9. The SMILES string of the molecule is CC(=O)N[C@H]1[C@@H](O[C@@H](CO)[C@@H](O)[C@@H](O)[C@H](O)CO)O[C@H](CO)[C@@H](O)[C@@H]1O[C@@H]1O[C@H](C(=O)O)[C@@H](O)[C@H](O)[C@H]1O. The fourth-order valence-corrected chi connectivity index (χ4v) is 4.01. The van der Waals surface area contributed by atoms with Gasteiger partial charge in [-0.05, 0) is 0 Å². The van der Waals surface area contributed by atoms with Crippen molar-refractivity contribution in [3.8, 4) is 0 Å². The van der Waals surface area contributed by atoms with Gasteiger partial charge in [-0.15, -0.1) is 0 Å². The highest BCUT2D eigenvalue weighted by molar-refractivity contribution is 5.73. The van der Waals surface area contributed by atoms with Gasteiger partial charge in [0, 0.05) is 6.92 Å². The van der Waals surface area contributed by atoms with E-state index in [2.05, 4.69) is 5.32 Å². The van der Waals surface area contributed by atoms with Gasteiger partial charge in [0.15, 0.2) is 18.7 Å². The summed E-state index contributed by atoms with van der Waals surface area (Å²) < 4.78 is 21.5. The fraction of sp³-hybridized carbons (Fsp3) is 0.900. The van der Waals surface area contributed by atoms with Gasteiger partial charge in [-0.3, -0.25) is 4.79 Å². The van der Waals surface area contributed by atoms with Crippen LogP contribution in [0.5, 0.6) is 0 Å². The Bertz CT molecular complexity index is 774. The molecule has 38 heavy (non-hydrogen) atoms. The summed E-state index contributed by atoms with van der Waals surface area (Å²) in [4.78, 5) is 23.3. The van der Waals surface area contributed by atoms with E-state index in [1.54, 1.807) is 0 Å². The molecule has 2 aliphatic rings. The molecule has 0 aromatic heterocycles. The van der Waals surface area contributed by atoms with Crippen molar-refractivity contribution in [3.63, 3.8) is 0 Å². The van der Waals surface area contributed by atoms with Gasteiger partial charge in [-0.1, -0.05) is 0 Å². The van der Waals surface area contributed by atoms with Gasteiger partial charge in [-0.2, -0.15) is 0 Å². The molecule has 0 radical (unpaired) electrons. The molecule has 2 fully saturated rings. The van der Waals surface area contributed by atoms with E-state index in [1.165, 1.54) is 0 Å². The number of carbonyl (C=O) groups is 2. The summed E-state index contributed by atoms with van der Waals surface area (Å²) in [5, 5.41) is 111. The number of ether oxygens (including phenoxy) is 4. The summed E-state index contributed by atoms with van der Waals surface area (Å²) >= 11 is 0. The van der Waals surface area contributed by atoms with Gasteiger partial charge in [0.25, 0.3) is 0 Å². The second-order valence-electron chi connectivity index (χ2n) is 8.87. The molecule has 18 heteroatoms. The van der Waals surface area contributed by atoms with Crippen LogP contribution in [-0.2, 0) is 28.5 Å². The number of aliphatic hydroxyl groups is 10. The zero-order valence-corrected chi connectivity index (χ0v) is 20.1. The Hall–Kier alpha value is -1.62. The minimum atomic E-state index is -2.07. The molecule has 1 amide bonds. The van der Waals surface area contributed by atoms with Crippen LogP contribution in [-0.4, -0.2) is 174 Å². The average Bonchev–Trinajstić information content (AvgIpc) is 2.88. The number of carbonyl (C=O) groups excluding carboxylic acids is 1. The number of rotatable bonds is 12. The monoisotopic (exact) mass is 561 g/mol. The van der Waals surface area contributed by atoms with Gasteiger partial charge in [-0.25, -0.2) is 4.79 Å². The van der Waals surface area contributed by atoms with Crippen molar-refractivity contribution in [2.45, 2.75) is 92.7 Å². The van der Waals surface area contributed by atoms with E-state index in [0.717, 1.165) is 6.92 Å². The van der Waals surface area contributed by atoms with Crippen LogP contribution in [0.4, 0.5) is 0 Å². The number of amides is 1. The molecule has 12 N–H and O–H groups in total. The van der Waals surface area contributed by atoms with Crippen molar-refractivity contribution in [1.82, 2.24) is 5.32 Å². The zero-order valence-electron chi connectivity index (χ0n) is 20.1. The molecule has 0 aromatic carbocycles. The molecule has 0 unspecified atom stereocenters. The van der Waals surface area contributed by atoms with E-state index in [4.69, 9.17) is 24.1 Å². The first kappa shape index (κ1) is 32.6. The maximum absolute atomic E-state index is 11.9. The van der Waals surface area contributed by atoms with Crippen molar-refractivity contribution >= 4 is 11.9 Å². The third-order valence-electron chi connectivity index (χ3n) is 6.13. The molecule has 0 aliphatic carbocycles. The molecule has 2 aliphatic heterocycles. The summed E-state index contributed by atoms with van der Waals surface area (Å²) in [6.07, 6.45) is -24.7. The summed E-state index contributed by atoms with van der Waals surface area (Å²) in [7, 11) is 0. The Kier molecular flexibility index (Phi) is 12.1. The van der Waals surface area contributed by atoms with Crippen molar-refractivity contribution in [1.29, 1.82) is 0 Å². The molecule has 222 valence electrons. The number of carboxylic acid groups (broad SMARTS) is 1. The van der Waals surface area contributed by atoms with Crippen molar-refractivity contribution in [2.75, 3.05) is 19.8 Å². The van der Waals surface area contributed by atoms with Gasteiger partial charge in [0.05, 0.1) is 19.8 Å². The Morgan fingerprint density at radius 2 is 1.50 bits per heavy atom. The molecule has 2 heterocycles. The molecule has 14 atom stereocenters. The van der Waals surface area contributed by atoms with E-state index in [0.29, 0.717) is 0 Å². The zero-order chi connectivity index (χ0) is 28.9. The second-order valence-corrected chi connectivity index (χ2v) is 8.87. The lowest BCUT2D eigenvalue weighted by Gasteiger charge is -2.47. The summed E-state index contributed by atoms with van der Waals surface area (Å²) in [6.45, 7) is -1.82. The lowest BCUT2D eigenvalue weighted by Crippen LogP contribution is -2.69. The van der Waals surface area contributed by atoms with Gasteiger partial charge in [0.1, 0.15) is 67.1 Å². The molecular weight excluding hydrogens is 526 g/mol. The van der Waals surface area contributed by atoms with E-state index in [-0.39, 0.29) is 0 Å². The van der Waals surface area contributed by atoms with Crippen molar-refractivity contribution in [3.05, 3.63) is 0 Å². The van der Waals surface area contributed by atoms with Crippen LogP contribution >= 0.6 is 0 Å². The number of aliphatic carboxylic acids is 1. The van der Waals surface area contributed by atoms with Crippen LogP contribution < -0.4 is 5.32 Å². The third kappa shape index (κ3) is 7.31. The lowest BCUT2D eigenvalue weighted by molar-refractivity contribution is -0.346. The Balaban J connectivity index is 2.38. The Morgan fingerprint density at radius 1 is 0.868 bits per heavy atom. The predicted molar refractivity (Wildman–Crippen MR) is 116 cm³/mol. The largest absolute Gasteiger partial charge is 0.479 e. The predicted octanol–water partition coefficient (Wildman–Crippen LogP) is -7.70. The number of hydrogen-bond donors (Lipinski definition) is 12. The van der Waals surface area contributed by atoms with Crippen LogP contribution in [0.15, 0.2) is 0 Å². The summed E-state index contributed by atoms with van der Waals surface area (Å²) in [5.74, 6) is -2.49. The molecule has 18 nitrogen and oxygen atoms in total. The van der Waals surface area contributed by atoms with Gasteiger partial charge >= 0.3 is 5.97 Å². The van der Waals surface area contributed by atoms with E-state index < -0.39 is 117 Å². The second kappa shape index (κ2) is 14.1. The maximum Gasteiger partial charge on any atom is 0.335 e. The minimum absolute atomic E-state index is 0.767. The number of nitrogens with one attached hydrogen (secondary N) is 1. The topological polar surface area (TPSA) is 306 Å². The molecule has 0 spiro atoms. The third-order valence-corrected chi connectivity index (χ3v) is 6.13. The van der Waals surface area contributed by atoms with Crippen LogP contribution in [0.3, 0.4) is 0 Å². The minimum Gasteiger partial charge on any atom is -0.479 e. The van der Waals surface area contributed by atoms with E-state index >= 15 is 0 Å². The highest BCUT2D eigenvalue weighted by atomic mass is 16.7. The fourth-order valence-electron chi connectivity index (χ4n) is 4.01. The number of hydrogen-bond acceptors (Lipinski definition) is 16.